The van der Waals surface area contributed by atoms with Crippen molar-refractivity contribution >= 4 is 17.3 Å². The Bertz CT molecular complexity index is 499. The smallest absolute Gasteiger partial charge is 0.274 e. The number of carbonyl (C=O) groups is 1. The molecule has 1 atom stereocenters. The zero-order valence-electron chi connectivity index (χ0n) is 10.9. The summed E-state index contributed by atoms with van der Waals surface area (Å²) in [4.78, 5) is 22.1. The minimum Gasteiger partial charge on any atom is -0.365 e. The number of nitrogens with zero attached hydrogens (tertiary/aromatic N) is 1. The molecule has 0 aromatic heterocycles. The summed E-state index contributed by atoms with van der Waals surface area (Å²) in [5, 5.41) is 13.4. The summed E-state index contributed by atoms with van der Waals surface area (Å²) >= 11 is 0. The molecule has 0 aliphatic heterocycles. The second kappa shape index (κ2) is 6.65. The van der Waals surface area contributed by atoms with E-state index in [0.717, 1.165) is 0 Å². The summed E-state index contributed by atoms with van der Waals surface area (Å²) in [6.45, 7) is 6.99. The lowest BCUT2D eigenvalue weighted by molar-refractivity contribution is -0.385. The van der Waals surface area contributed by atoms with Gasteiger partial charge in [0.2, 0.25) is 0 Å². The maximum absolute atomic E-state index is 11.7. The number of benzene rings is 1. The molecular weight excluding hydrogens is 248 g/mol. The van der Waals surface area contributed by atoms with Gasteiger partial charge >= 0.3 is 0 Å². The van der Waals surface area contributed by atoms with E-state index in [0.29, 0.717) is 11.3 Å². The van der Waals surface area contributed by atoms with E-state index in [9.17, 15) is 14.9 Å². The SMILES string of the molecule is C=CCO[C@@H](C)C(=O)Nc1ccc(C)c([N+](=O)[O-])c1. The maximum Gasteiger partial charge on any atom is 0.274 e. The first kappa shape index (κ1) is 14.8. The predicted molar refractivity (Wildman–Crippen MR) is 72.1 cm³/mol. The van der Waals surface area contributed by atoms with Crippen LogP contribution in [-0.4, -0.2) is 23.5 Å². The van der Waals surface area contributed by atoms with Gasteiger partial charge in [-0.1, -0.05) is 12.1 Å². The highest BCUT2D eigenvalue weighted by atomic mass is 16.6. The van der Waals surface area contributed by atoms with Crippen molar-refractivity contribution in [3.63, 3.8) is 0 Å². The number of rotatable bonds is 6. The van der Waals surface area contributed by atoms with E-state index in [2.05, 4.69) is 11.9 Å². The fourth-order valence-corrected chi connectivity index (χ4v) is 1.42. The van der Waals surface area contributed by atoms with Crippen molar-refractivity contribution in [2.45, 2.75) is 20.0 Å². The van der Waals surface area contributed by atoms with E-state index in [1.165, 1.54) is 6.07 Å². The average molecular weight is 264 g/mol. The van der Waals surface area contributed by atoms with Crippen LogP contribution in [0.4, 0.5) is 11.4 Å². The fourth-order valence-electron chi connectivity index (χ4n) is 1.42. The van der Waals surface area contributed by atoms with Crippen molar-refractivity contribution in [2.75, 3.05) is 11.9 Å². The van der Waals surface area contributed by atoms with Crippen LogP contribution in [0, 0.1) is 17.0 Å². The third-order valence-electron chi connectivity index (χ3n) is 2.51. The third kappa shape index (κ3) is 4.18. The molecule has 19 heavy (non-hydrogen) atoms. The number of nitro groups is 1. The number of ether oxygens (including phenoxy) is 1. The van der Waals surface area contributed by atoms with Gasteiger partial charge in [0, 0.05) is 17.3 Å². The van der Waals surface area contributed by atoms with E-state index in [4.69, 9.17) is 4.74 Å². The van der Waals surface area contributed by atoms with Crippen molar-refractivity contribution in [1.82, 2.24) is 0 Å². The van der Waals surface area contributed by atoms with Gasteiger partial charge in [0.25, 0.3) is 11.6 Å². The number of carbonyl (C=O) groups excluding carboxylic acids is 1. The van der Waals surface area contributed by atoms with Crippen molar-refractivity contribution in [2.24, 2.45) is 0 Å². The molecule has 0 saturated heterocycles. The number of anilines is 1. The largest absolute Gasteiger partial charge is 0.365 e. The lowest BCUT2D eigenvalue weighted by Gasteiger charge is -2.12. The van der Waals surface area contributed by atoms with Crippen molar-refractivity contribution < 1.29 is 14.5 Å². The standard InChI is InChI=1S/C13H16N2O4/c1-4-7-19-10(3)13(16)14-11-6-5-9(2)12(8-11)15(17)18/h4-6,8,10H,1,7H2,2-3H3,(H,14,16)/t10-/m0/s1. The van der Waals surface area contributed by atoms with Crippen molar-refractivity contribution in [1.29, 1.82) is 0 Å². The molecular formula is C13H16N2O4. The average Bonchev–Trinajstić information content (AvgIpc) is 2.37. The van der Waals surface area contributed by atoms with Gasteiger partial charge in [0.05, 0.1) is 11.5 Å². The number of hydrogen-bond acceptors (Lipinski definition) is 4. The Morgan fingerprint density at radius 3 is 2.89 bits per heavy atom. The lowest BCUT2D eigenvalue weighted by atomic mass is 10.2. The van der Waals surface area contributed by atoms with E-state index < -0.39 is 11.0 Å². The topological polar surface area (TPSA) is 81.5 Å². The molecule has 0 spiro atoms. The molecule has 102 valence electrons. The van der Waals surface area contributed by atoms with Crippen LogP contribution in [0.5, 0.6) is 0 Å². The van der Waals surface area contributed by atoms with E-state index >= 15 is 0 Å². The molecule has 0 unspecified atom stereocenters. The highest BCUT2D eigenvalue weighted by molar-refractivity contribution is 5.94. The molecule has 6 nitrogen and oxygen atoms in total. The third-order valence-corrected chi connectivity index (χ3v) is 2.51. The fraction of sp³-hybridized carbons (Fsp3) is 0.308. The Morgan fingerprint density at radius 1 is 1.63 bits per heavy atom. The van der Waals surface area contributed by atoms with Gasteiger partial charge in [-0.25, -0.2) is 0 Å². The summed E-state index contributed by atoms with van der Waals surface area (Å²) in [5.74, 6) is -0.361. The molecule has 6 heteroatoms. The molecule has 0 bridgehead atoms. The Balaban J connectivity index is 2.77. The minimum absolute atomic E-state index is 0.0301. The summed E-state index contributed by atoms with van der Waals surface area (Å²) < 4.78 is 5.16. The van der Waals surface area contributed by atoms with Crippen molar-refractivity contribution in [3.05, 3.63) is 46.5 Å². The van der Waals surface area contributed by atoms with E-state index in [1.54, 1.807) is 32.1 Å². The first-order chi connectivity index (χ1) is 8.95. The number of hydrogen-bond donors (Lipinski definition) is 1. The molecule has 0 saturated carbocycles. The number of amides is 1. The number of nitrogens with one attached hydrogen (secondary N) is 1. The van der Waals surface area contributed by atoms with Gasteiger partial charge < -0.3 is 10.1 Å². The van der Waals surface area contributed by atoms with Crippen LogP contribution >= 0.6 is 0 Å². The molecule has 0 aliphatic rings. The lowest BCUT2D eigenvalue weighted by Crippen LogP contribution is -2.27. The zero-order chi connectivity index (χ0) is 14.4. The second-order valence-corrected chi connectivity index (χ2v) is 4.01. The molecule has 0 fully saturated rings. The quantitative estimate of drug-likeness (QED) is 0.486. The van der Waals surface area contributed by atoms with Gasteiger partial charge in [0.15, 0.2) is 0 Å². The second-order valence-electron chi connectivity index (χ2n) is 4.01. The number of aryl methyl sites for hydroxylation is 1. The molecule has 0 radical (unpaired) electrons. The Morgan fingerprint density at radius 2 is 2.32 bits per heavy atom. The van der Waals surface area contributed by atoms with Crippen LogP contribution in [0.1, 0.15) is 12.5 Å². The molecule has 1 aromatic rings. The summed E-state index contributed by atoms with van der Waals surface area (Å²) in [5.41, 5.74) is 0.882. The predicted octanol–water partition coefficient (Wildman–Crippen LogP) is 2.43. The van der Waals surface area contributed by atoms with Crippen molar-refractivity contribution in [3.8, 4) is 0 Å². The van der Waals surface area contributed by atoms with Crippen LogP contribution in [0.25, 0.3) is 0 Å². The van der Waals surface area contributed by atoms with Gasteiger partial charge in [-0.15, -0.1) is 6.58 Å². The molecule has 0 aliphatic carbocycles. The van der Waals surface area contributed by atoms with Crippen LogP contribution < -0.4 is 5.32 Å². The molecule has 1 amide bonds. The van der Waals surface area contributed by atoms with E-state index in [-0.39, 0.29) is 18.2 Å². The van der Waals surface area contributed by atoms with Gasteiger partial charge in [-0.2, -0.15) is 0 Å². The van der Waals surface area contributed by atoms with Crippen LogP contribution in [0.2, 0.25) is 0 Å². The molecule has 0 heterocycles. The highest BCUT2D eigenvalue weighted by Crippen LogP contribution is 2.22. The first-order valence-electron chi connectivity index (χ1n) is 5.74. The summed E-state index contributed by atoms with van der Waals surface area (Å²) in [7, 11) is 0. The van der Waals surface area contributed by atoms with Gasteiger partial charge in [-0.3, -0.25) is 14.9 Å². The minimum atomic E-state index is -0.654. The van der Waals surface area contributed by atoms with Gasteiger partial charge in [-0.05, 0) is 19.9 Å². The maximum atomic E-state index is 11.7. The van der Waals surface area contributed by atoms with Crippen LogP contribution in [0.3, 0.4) is 0 Å². The summed E-state index contributed by atoms with van der Waals surface area (Å²) in [6, 6.07) is 4.52. The summed E-state index contributed by atoms with van der Waals surface area (Å²) in [6.07, 6.45) is 0.888. The zero-order valence-corrected chi connectivity index (χ0v) is 10.9. The number of nitro benzene ring substituents is 1. The normalized spacial score (nSPS) is 11.7. The first-order valence-corrected chi connectivity index (χ1v) is 5.74. The van der Waals surface area contributed by atoms with Gasteiger partial charge in [0.1, 0.15) is 6.10 Å². The van der Waals surface area contributed by atoms with Crippen LogP contribution in [0.15, 0.2) is 30.9 Å². The monoisotopic (exact) mass is 264 g/mol. The van der Waals surface area contributed by atoms with E-state index in [1.807, 2.05) is 0 Å². The molecule has 1 N–H and O–H groups in total. The van der Waals surface area contributed by atoms with Crippen LogP contribution in [-0.2, 0) is 9.53 Å². The molecule has 1 rings (SSSR count). The Kier molecular flexibility index (Phi) is 5.20. The Labute approximate surface area is 111 Å². The highest BCUT2D eigenvalue weighted by Gasteiger charge is 2.16. The Hall–Kier alpha value is -2.21. The molecule has 1 aromatic carbocycles.